The minimum absolute atomic E-state index is 0.0509. The fraction of sp³-hybridized carbons (Fsp3) is 0.300. The Hall–Kier alpha value is -4.11. The Morgan fingerprint density at radius 1 is 1.13 bits per heavy atom. The van der Waals surface area contributed by atoms with Crippen LogP contribution in [0.1, 0.15) is 43.9 Å². The summed E-state index contributed by atoms with van der Waals surface area (Å²) in [5.74, 6) is 1.36. The van der Waals surface area contributed by atoms with Crippen LogP contribution in [0.3, 0.4) is 0 Å². The van der Waals surface area contributed by atoms with Crippen molar-refractivity contribution in [1.29, 1.82) is 0 Å². The van der Waals surface area contributed by atoms with E-state index in [4.69, 9.17) is 18.9 Å². The smallest absolute Gasteiger partial charge is 0.338 e. The van der Waals surface area contributed by atoms with Crippen molar-refractivity contribution in [3.05, 3.63) is 97.2 Å². The summed E-state index contributed by atoms with van der Waals surface area (Å²) in [5, 5.41) is 0. The molecule has 1 unspecified atom stereocenters. The van der Waals surface area contributed by atoms with Crippen LogP contribution in [0, 0.1) is 0 Å². The first-order valence-electron chi connectivity index (χ1n) is 12.7. The highest BCUT2D eigenvalue weighted by molar-refractivity contribution is 7.07. The van der Waals surface area contributed by atoms with Crippen molar-refractivity contribution in [3.8, 4) is 17.2 Å². The maximum atomic E-state index is 13.8. The molecule has 9 heteroatoms. The fourth-order valence-electron chi connectivity index (χ4n) is 4.27. The predicted molar refractivity (Wildman–Crippen MR) is 151 cm³/mol. The molecule has 1 atom stereocenters. The number of unbranched alkanes of at least 4 members (excludes halogenated alkanes) is 1. The van der Waals surface area contributed by atoms with Crippen LogP contribution in [0.15, 0.2) is 76.2 Å². The second kappa shape index (κ2) is 12.6. The van der Waals surface area contributed by atoms with E-state index >= 15 is 0 Å². The Morgan fingerprint density at radius 3 is 2.56 bits per heavy atom. The molecule has 0 radical (unpaired) electrons. The molecule has 8 nitrogen and oxygen atoms in total. The number of carbonyl (C=O) groups is 1. The van der Waals surface area contributed by atoms with Crippen molar-refractivity contribution in [2.24, 2.45) is 4.99 Å². The van der Waals surface area contributed by atoms with Crippen LogP contribution in [-0.4, -0.2) is 38.0 Å². The van der Waals surface area contributed by atoms with Crippen LogP contribution in [0.5, 0.6) is 17.2 Å². The van der Waals surface area contributed by atoms with Gasteiger partial charge < -0.3 is 18.9 Å². The van der Waals surface area contributed by atoms with Crippen molar-refractivity contribution >= 4 is 23.4 Å². The molecule has 0 bridgehead atoms. The number of methoxy groups -OCH3 is 2. The number of rotatable bonds is 11. The summed E-state index contributed by atoms with van der Waals surface area (Å²) in [4.78, 5) is 32.1. The Labute approximate surface area is 231 Å². The molecule has 0 N–H and O–H groups in total. The normalized spacial score (nSPS) is 14.9. The molecule has 0 amide bonds. The fourth-order valence-corrected chi connectivity index (χ4v) is 5.31. The minimum atomic E-state index is -0.713. The first-order chi connectivity index (χ1) is 18.9. The van der Waals surface area contributed by atoms with Crippen LogP contribution in [0.25, 0.3) is 6.08 Å². The van der Waals surface area contributed by atoms with Gasteiger partial charge in [-0.3, -0.25) is 9.36 Å². The Bertz CT molecular complexity index is 1570. The SMILES string of the molecule is C=CCOC(=O)C1=C(C)N=c2s/c(=C\c3ccc(OCCCC)c(OC)c3)c(=O)n2C1c1ccc(OC)cc1. The lowest BCUT2D eigenvalue weighted by Gasteiger charge is -2.24. The zero-order valence-electron chi connectivity index (χ0n) is 22.6. The number of ether oxygens (including phenoxy) is 4. The van der Waals surface area contributed by atoms with Gasteiger partial charge in [0.2, 0.25) is 0 Å². The molecule has 0 saturated carbocycles. The molecule has 39 heavy (non-hydrogen) atoms. The molecular formula is C30H32N2O6S. The number of fused-ring (bicyclic) bond motifs is 1. The number of allylic oxidation sites excluding steroid dienone is 1. The molecule has 2 heterocycles. The van der Waals surface area contributed by atoms with Gasteiger partial charge in [-0.05, 0) is 54.8 Å². The topological polar surface area (TPSA) is 88.4 Å². The van der Waals surface area contributed by atoms with E-state index in [0.717, 1.165) is 24.0 Å². The Balaban J connectivity index is 1.82. The summed E-state index contributed by atoms with van der Waals surface area (Å²) in [6.45, 7) is 8.13. The summed E-state index contributed by atoms with van der Waals surface area (Å²) >= 11 is 1.26. The molecule has 3 aromatic rings. The van der Waals surface area contributed by atoms with Crippen LogP contribution in [-0.2, 0) is 9.53 Å². The molecule has 2 aromatic carbocycles. The first kappa shape index (κ1) is 27.9. The molecule has 1 aromatic heterocycles. The number of thiazole rings is 1. The Kier molecular flexibility index (Phi) is 9.03. The van der Waals surface area contributed by atoms with Gasteiger partial charge in [0, 0.05) is 0 Å². The number of carbonyl (C=O) groups excluding carboxylic acids is 1. The van der Waals surface area contributed by atoms with Gasteiger partial charge >= 0.3 is 5.97 Å². The zero-order valence-corrected chi connectivity index (χ0v) is 23.4. The molecule has 0 fully saturated rings. The second-order valence-corrected chi connectivity index (χ2v) is 9.86. The van der Waals surface area contributed by atoms with Crippen LogP contribution >= 0.6 is 11.3 Å². The van der Waals surface area contributed by atoms with E-state index < -0.39 is 12.0 Å². The number of hydrogen-bond acceptors (Lipinski definition) is 8. The van der Waals surface area contributed by atoms with Crippen molar-refractivity contribution < 1.29 is 23.7 Å². The van der Waals surface area contributed by atoms with Crippen molar-refractivity contribution in [1.82, 2.24) is 4.57 Å². The van der Waals surface area contributed by atoms with E-state index in [1.165, 1.54) is 17.4 Å². The zero-order chi connectivity index (χ0) is 27.9. The molecule has 1 aliphatic rings. The lowest BCUT2D eigenvalue weighted by Crippen LogP contribution is -2.39. The van der Waals surface area contributed by atoms with Gasteiger partial charge in [0.1, 0.15) is 12.4 Å². The third-order valence-electron chi connectivity index (χ3n) is 6.25. The van der Waals surface area contributed by atoms with Gasteiger partial charge in [0.15, 0.2) is 16.3 Å². The van der Waals surface area contributed by atoms with Gasteiger partial charge in [-0.1, -0.05) is 55.5 Å². The third kappa shape index (κ3) is 5.98. The van der Waals surface area contributed by atoms with E-state index in [1.54, 1.807) is 43.9 Å². The van der Waals surface area contributed by atoms with Gasteiger partial charge in [-0.2, -0.15) is 0 Å². The Morgan fingerprint density at radius 2 is 1.90 bits per heavy atom. The molecule has 0 aliphatic carbocycles. The molecule has 4 rings (SSSR count). The molecule has 1 aliphatic heterocycles. The van der Waals surface area contributed by atoms with Crippen LogP contribution < -0.4 is 29.1 Å². The number of aromatic nitrogens is 1. The van der Waals surface area contributed by atoms with E-state index in [9.17, 15) is 9.59 Å². The standard InChI is InChI=1S/C30H32N2O6S/c1-6-8-16-37-23-14-9-20(17-24(23)36-5)18-25-28(33)32-27(21-10-12-22(35-4)13-11-21)26(29(34)38-15-7-2)19(3)31-30(32)39-25/h7,9-14,17-18,27H,2,6,8,15-16H2,1,3-5H3/b25-18-. The number of hydrogen-bond donors (Lipinski definition) is 0. The molecule has 204 valence electrons. The monoisotopic (exact) mass is 548 g/mol. The van der Waals surface area contributed by atoms with Gasteiger partial charge in [0.25, 0.3) is 5.56 Å². The van der Waals surface area contributed by atoms with E-state index in [2.05, 4.69) is 18.5 Å². The molecule has 0 saturated heterocycles. The van der Waals surface area contributed by atoms with Crippen molar-refractivity contribution in [3.63, 3.8) is 0 Å². The maximum absolute atomic E-state index is 13.8. The highest BCUT2D eigenvalue weighted by Crippen LogP contribution is 2.32. The molecular weight excluding hydrogens is 516 g/mol. The number of nitrogens with zero attached hydrogens (tertiary/aromatic N) is 2. The highest BCUT2D eigenvalue weighted by atomic mass is 32.1. The first-order valence-corrected chi connectivity index (χ1v) is 13.5. The quantitative estimate of drug-likeness (QED) is 0.203. The summed E-state index contributed by atoms with van der Waals surface area (Å²) in [7, 11) is 3.17. The minimum Gasteiger partial charge on any atom is -0.497 e. The van der Waals surface area contributed by atoms with Gasteiger partial charge in [-0.25, -0.2) is 9.79 Å². The average Bonchev–Trinajstić information content (AvgIpc) is 3.25. The van der Waals surface area contributed by atoms with Gasteiger partial charge in [0.05, 0.1) is 42.7 Å². The third-order valence-corrected chi connectivity index (χ3v) is 7.23. The number of benzene rings is 2. The summed E-state index contributed by atoms with van der Waals surface area (Å²) in [6, 6.07) is 12.1. The largest absolute Gasteiger partial charge is 0.497 e. The van der Waals surface area contributed by atoms with E-state index in [-0.39, 0.29) is 12.2 Å². The van der Waals surface area contributed by atoms with Crippen molar-refractivity contribution in [2.45, 2.75) is 32.7 Å². The lowest BCUT2D eigenvalue weighted by molar-refractivity contribution is -0.138. The molecule has 0 spiro atoms. The van der Waals surface area contributed by atoms with E-state index in [0.29, 0.717) is 44.5 Å². The van der Waals surface area contributed by atoms with Gasteiger partial charge in [-0.15, -0.1) is 0 Å². The van der Waals surface area contributed by atoms with Crippen molar-refractivity contribution in [2.75, 3.05) is 27.4 Å². The van der Waals surface area contributed by atoms with Crippen LogP contribution in [0.2, 0.25) is 0 Å². The summed E-state index contributed by atoms with van der Waals surface area (Å²) in [5.41, 5.74) is 2.05. The number of esters is 1. The van der Waals surface area contributed by atoms with Crippen LogP contribution in [0.4, 0.5) is 0 Å². The summed E-state index contributed by atoms with van der Waals surface area (Å²) in [6.07, 6.45) is 5.28. The van der Waals surface area contributed by atoms with E-state index in [1.807, 2.05) is 30.3 Å². The average molecular weight is 549 g/mol. The summed E-state index contributed by atoms with van der Waals surface area (Å²) < 4.78 is 24.1. The lowest BCUT2D eigenvalue weighted by atomic mass is 9.96. The predicted octanol–water partition coefficient (Wildman–Crippen LogP) is 4.16. The second-order valence-electron chi connectivity index (χ2n) is 8.85. The maximum Gasteiger partial charge on any atom is 0.338 e. The highest BCUT2D eigenvalue weighted by Gasteiger charge is 2.33.